The second-order valence-electron chi connectivity index (χ2n) is 2.78. The SMILES string of the molecule is CCCCC#CCOC[C@@H](O)CCl. The van der Waals surface area contributed by atoms with Crippen LogP contribution in [0.1, 0.15) is 26.2 Å². The van der Waals surface area contributed by atoms with E-state index in [9.17, 15) is 0 Å². The lowest BCUT2D eigenvalue weighted by molar-refractivity contribution is 0.0640. The average Bonchev–Trinajstić information content (AvgIpc) is 2.16. The lowest BCUT2D eigenvalue weighted by Gasteiger charge is -2.04. The number of rotatable bonds is 6. The van der Waals surface area contributed by atoms with Gasteiger partial charge in [-0.05, 0) is 6.42 Å². The molecular weight excluding hydrogens is 188 g/mol. The van der Waals surface area contributed by atoms with Gasteiger partial charge in [0.1, 0.15) is 6.61 Å². The van der Waals surface area contributed by atoms with Crippen molar-refractivity contribution in [3.05, 3.63) is 0 Å². The first kappa shape index (κ1) is 12.8. The van der Waals surface area contributed by atoms with Crippen molar-refractivity contribution < 1.29 is 9.84 Å². The van der Waals surface area contributed by atoms with Crippen LogP contribution >= 0.6 is 11.6 Å². The van der Waals surface area contributed by atoms with Crippen LogP contribution in [0, 0.1) is 11.8 Å². The monoisotopic (exact) mass is 204 g/mol. The lowest BCUT2D eigenvalue weighted by Crippen LogP contribution is -2.16. The van der Waals surface area contributed by atoms with Crippen LogP contribution in [0.5, 0.6) is 0 Å². The van der Waals surface area contributed by atoms with Gasteiger partial charge in [0.15, 0.2) is 0 Å². The summed E-state index contributed by atoms with van der Waals surface area (Å²) in [6, 6.07) is 0. The number of alkyl halides is 1. The van der Waals surface area contributed by atoms with Crippen LogP contribution < -0.4 is 0 Å². The molecule has 1 N–H and O–H groups in total. The molecule has 2 nitrogen and oxygen atoms in total. The van der Waals surface area contributed by atoms with Crippen molar-refractivity contribution in [3.63, 3.8) is 0 Å². The van der Waals surface area contributed by atoms with E-state index in [1.54, 1.807) is 0 Å². The highest BCUT2D eigenvalue weighted by Crippen LogP contribution is 1.91. The number of ether oxygens (including phenoxy) is 1. The summed E-state index contributed by atoms with van der Waals surface area (Å²) in [5.41, 5.74) is 0. The Bertz CT molecular complexity index is 160. The average molecular weight is 205 g/mol. The van der Waals surface area contributed by atoms with Crippen molar-refractivity contribution in [2.75, 3.05) is 19.1 Å². The van der Waals surface area contributed by atoms with Crippen molar-refractivity contribution in [1.82, 2.24) is 0 Å². The summed E-state index contributed by atoms with van der Waals surface area (Å²) in [7, 11) is 0. The van der Waals surface area contributed by atoms with Crippen LogP contribution in [-0.4, -0.2) is 30.3 Å². The number of aliphatic hydroxyl groups is 1. The molecule has 0 saturated carbocycles. The van der Waals surface area contributed by atoms with E-state index in [1.165, 1.54) is 6.42 Å². The number of hydrogen-bond donors (Lipinski definition) is 1. The molecular formula is C10H17ClO2. The summed E-state index contributed by atoms with van der Waals surface area (Å²) in [6.07, 6.45) is 2.66. The molecule has 0 aromatic carbocycles. The van der Waals surface area contributed by atoms with Gasteiger partial charge >= 0.3 is 0 Å². The van der Waals surface area contributed by atoms with Gasteiger partial charge in [-0.2, -0.15) is 0 Å². The van der Waals surface area contributed by atoms with Crippen LogP contribution in [-0.2, 0) is 4.74 Å². The Morgan fingerprint density at radius 2 is 2.23 bits per heavy atom. The van der Waals surface area contributed by atoms with Crippen LogP contribution in [0.15, 0.2) is 0 Å². The molecule has 0 aliphatic carbocycles. The van der Waals surface area contributed by atoms with Crippen molar-refractivity contribution in [2.45, 2.75) is 32.3 Å². The van der Waals surface area contributed by atoms with Gasteiger partial charge in [-0.3, -0.25) is 0 Å². The van der Waals surface area contributed by atoms with E-state index < -0.39 is 6.10 Å². The molecule has 0 bridgehead atoms. The maximum absolute atomic E-state index is 8.99. The first-order chi connectivity index (χ1) is 6.31. The molecule has 0 aliphatic rings. The van der Waals surface area contributed by atoms with Crippen LogP contribution in [0.4, 0.5) is 0 Å². The van der Waals surface area contributed by atoms with Crippen molar-refractivity contribution in [2.24, 2.45) is 0 Å². The lowest BCUT2D eigenvalue weighted by atomic mass is 10.2. The molecule has 0 radical (unpaired) electrons. The molecule has 0 aromatic heterocycles. The summed E-state index contributed by atoms with van der Waals surface area (Å²) in [5, 5.41) is 8.99. The Hall–Kier alpha value is -0.230. The van der Waals surface area contributed by atoms with Gasteiger partial charge in [0, 0.05) is 6.42 Å². The normalized spacial score (nSPS) is 11.9. The topological polar surface area (TPSA) is 29.5 Å². The maximum Gasteiger partial charge on any atom is 0.107 e. The van der Waals surface area contributed by atoms with E-state index in [1.807, 2.05) is 0 Å². The van der Waals surface area contributed by atoms with E-state index >= 15 is 0 Å². The summed E-state index contributed by atoms with van der Waals surface area (Å²) in [5.74, 6) is 6.07. The highest BCUT2D eigenvalue weighted by atomic mass is 35.5. The van der Waals surface area contributed by atoms with E-state index in [0.29, 0.717) is 6.61 Å². The van der Waals surface area contributed by atoms with Crippen LogP contribution in [0.3, 0.4) is 0 Å². The highest BCUT2D eigenvalue weighted by molar-refractivity contribution is 6.18. The zero-order valence-corrected chi connectivity index (χ0v) is 8.81. The van der Waals surface area contributed by atoms with Gasteiger partial charge in [-0.1, -0.05) is 19.3 Å². The molecule has 76 valence electrons. The predicted octanol–water partition coefficient (Wildman–Crippen LogP) is 1.80. The third kappa shape index (κ3) is 9.69. The minimum atomic E-state index is -0.570. The van der Waals surface area contributed by atoms with E-state index in [0.717, 1.165) is 12.8 Å². The standard InChI is InChI=1S/C10H17ClO2/c1-2-3-4-5-6-7-13-9-10(12)8-11/h10,12H,2-4,7-9H2,1H3/t10-/m0/s1. The molecule has 0 amide bonds. The maximum atomic E-state index is 8.99. The predicted molar refractivity (Wildman–Crippen MR) is 54.8 cm³/mol. The zero-order chi connectivity index (χ0) is 9.94. The third-order valence-corrected chi connectivity index (χ3v) is 1.80. The first-order valence-electron chi connectivity index (χ1n) is 4.58. The van der Waals surface area contributed by atoms with Gasteiger partial charge in [0.25, 0.3) is 0 Å². The molecule has 0 rings (SSSR count). The summed E-state index contributed by atoms with van der Waals surface area (Å²) in [4.78, 5) is 0. The number of aliphatic hydroxyl groups excluding tert-OH is 1. The van der Waals surface area contributed by atoms with Crippen molar-refractivity contribution in [3.8, 4) is 11.8 Å². The van der Waals surface area contributed by atoms with Gasteiger partial charge in [-0.25, -0.2) is 0 Å². The quantitative estimate of drug-likeness (QED) is 0.406. The van der Waals surface area contributed by atoms with E-state index in [4.69, 9.17) is 21.4 Å². The van der Waals surface area contributed by atoms with Crippen LogP contribution in [0.2, 0.25) is 0 Å². The Labute approximate surface area is 85.2 Å². The zero-order valence-electron chi connectivity index (χ0n) is 8.05. The second kappa shape index (κ2) is 9.85. The van der Waals surface area contributed by atoms with Gasteiger partial charge in [0.2, 0.25) is 0 Å². The van der Waals surface area contributed by atoms with Gasteiger partial charge in [0.05, 0.1) is 18.6 Å². The molecule has 13 heavy (non-hydrogen) atoms. The van der Waals surface area contributed by atoms with Gasteiger partial charge < -0.3 is 9.84 Å². The van der Waals surface area contributed by atoms with E-state index in [-0.39, 0.29) is 12.5 Å². The largest absolute Gasteiger partial charge is 0.389 e. The third-order valence-electron chi connectivity index (χ3n) is 1.44. The Morgan fingerprint density at radius 3 is 2.85 bits per heavy atom. The Morgan fingerprint density at radius 1 is 1.46 bits per heavy atom. The molecule has 0 aliphatic heterocycles. The minimum Gasteiger partial charge on any atom is -0.389 e. The van der Waals surface area contributed by atoms with Crippen molar-refractivity contribution >= 4 is 11.6 Å². The molecule has 0 heterocycles. The number of unbranched alkanes of at least 4 members (excludes halogenated alkanes) is 2. The molecule has 1 atom stereocenters. The van der Waals surface area contributed by atoms with Gasteiger partial charge in [-0.15, -0.1) is 17.5 Å². The Balaban J connectivity index is 3.17. The van der Waals surface area contributed by atoms with E-state index in [2.05, 4.69) is 18.8 Å². The molecule has 0 unspecified atom stereocenters. The summed E-state index contributed by atoms with van der Waals surface area (Å²) < 4.78 is 5.06. The molecule has 0 saturated heterocycles. The molecule has 3 heteroatoms. The molecule has 0 aromatic rings. The fraction of sp³-hybridized carbons (Fsp3) is 0.800. The molecule has 0 fully saturated rings. The number of halogens is 1. The minimum absolute atomic E-state index is 0.212. The first-order valence-corrected chi connectivity index (χ1v) is 5.12. The second-order valence-corrected chi connectivity index (χ2v) is 3.09. The Kier molecular flexibility index (Phi) is 9.68. The fourth-order valence-corrected chi connectivity index (χ4v) is 0.784. The summed E-state index contributed by atoms with van der Waals surface area (Å²) >= 11 is 5.37. The number of hydrogen-bond acceptors (Lipinski definition) is 2. The molecule has 0 spiro atoms. The fourth-order valence-electron chi connectivity index (χ4n) is 0.695. The smallest absolute Gasteiger partial charge is 0.107 e. The van der Waals surface area contributed by atoms with Crippen molar-refractivity contribution in [1.29, 1.82) is 0 Å². The van der Waals surface area contributed by atoms with Crippen LogP contribution in [0.25, 0.3) is 0 Å². The summed E-state index contributed by atoms with van der Waals surface area (Å²) in [6.45, 7) is 2.79. The highest BCUT2D eigenvalue weighted by Gasteiger charge is 1.99.